The van der Waals surface area contributed by atoms with Gasteiger partial charge in [-0.1, -0.05) is 66.7 Å². The van der Waals surface area contributed by atoms with Crippen LogP contribution in [0, 0.1) is 0 Å². The molecule has 106 valence electrons. The minimum absolute atomic E-state index is 0.312. The first-order chi connectivity index (χ1) is 8.33. The van der Waals surface area contributed by atoms with Gasteiger partial charge in [-0.25, -0.2) is 0 Å². The van der Waals surface area contributed by atoms with E-state index in [0.717, 1.165) is 0 Å². The highest BCUT2D eigenvalue weighted by Crippen LogP contribution is 2.39. The molecule has 1 rings (SSSR count). The summed E-state index contributed by atoms with van der Waals surface area (Å²) in [5.41, 5.74) is 0.312. The summed E-state index contributed by atoms with van der Waals surface area (Å²) in [5, 5.41) is 0. The molecule has 1 nitrogen and oxygen atoms in total. The summed E-state index contributed by atoms with van der Waals surface area (Å²) in [6, 6.07) is 0. The summed E-state index contributed by atoms with van der Waals surface area (Å²) in [7, 11) is 1.88. The Morgan fingerprint density at radius 1 is 0.882 bits per heavy atom. The van der Waals surface area contributed by atoms with Crippen LogP contribution in [0.3, 0.4) is 0 Å². The van der Waals surface area contributed by atoms with Gasteiger partial charge in [0.2, 0.25) is 0 Å². The highest BCUT2D eigenvalue weighted by Gasteiger charge is 2.35. The molecule has 0 bridgehead atoms. The Labute approximate surface area is 110 Å². The lowest BCUT2D eigenvalue weighted by Crippen LogP contribution is -2.38. The molecule has 0 aromatic heterocycles. The maximum Gasteiger partial charge on any atom is 0.0678 e. The van der Waals surface area contributed by atoms with Crippen LogP contribution in [0.1, 0.15) is 92.4 Å². The molecule has 1 heteroatoms. The van der Waals surface area contributed by atoms with Gasteiger partial charge >= 0.3 is 0 Å². The zero-order chi connectivity index (χ0) is 13.6. The molecule has 0 aromatic rings. The molecule has 1 fully saturated rings. The second-order valence-corrected chi connectivity index (χ2v) is 4.40. The molecule has 0 N–H and O–H groups in total. The molecule has 1 aliphatic rings. The number of ether oxygens (including phenoxy) is 1. The average molecular weight is 244 g/mol. The van der Waals surface area contributed by atoms with Crippen molar-refractivity contribution in [2.24, 2.45) is 0 Å². The van der Waals surface area contributed by atoms with E-state index in [2.05, 4.69) is 6.92 Å². The molecule has 0 aromatic carbocycles. The smallest absolute Gasteiger partial charge is 0.0678 e. The van der Waals surface area contributed by atoms with Gasteiger partial charge in [-0.3, -0.25) is 0 Å². The van der Waals surface area contributed by atoms with Crippen LogP contribution in [0.5, 0.6) is 0 Å². The van der Waals surface area contributed by atoms with Crippen molar-refractivity contribution in [1.82, 2.24) is 0 Å². The van der Waals surface area contributed by atoms with Crippen LogP contribution < -0.4 is 0 Å². The van der Waals surface area contributed by atoms with Gasteiger partial charge in [-0.15, -0.1) is 0 Å². The zero-order valence-electron chi connectivity index (χ0n) is 13.3. The van der Waals surface area contributed by atoms with Crippen molar-refractivity contribution in [1.29, 1.82) is 0 Å². The van der Waals surface area contributed by atoms with Crippen molar-refractivity contribution in [2.45, 2.75) is 98.0 Å². The first-order valence-electron chi connectivity index (χ1n) is 7.88. The topological polar surface area (TPSA) is 9.23 Å². The van der Waals surface area contributed by atoms with E-state index in [1.807, 2.05) is 34.8 Å². The summed E-state index contributed by atoms with van der Waals surface area (Å²) < 4.78 is 5.58. The molecule has 0 radical (unpaired) electrons. The second-order valence-electron chi connectivity index (χ2n) is 4.40. The fourth-order valence-corrected chi connectivity index (χ4v) is 2.18. The highest BCUT2D eigenvalue weighted by molar-refractivity contribution is 4.88. The van der Waals surface area contributed by atoms with Gasteiger partial charge in [-0.05, 0) is 25.7 Å². The Hall–Kier alpha value is -0.0400. The van der Waals surface area contributed by atoms with Crippen molar-refractivity contribution < 1.29 is 4.74 Å². The standard InChI is InChI=1S/C12H24O.2C2H6/c1-3-4-5-6-7-9-12(13-2)10-8-11-12;2*1-2/h3-11H2,1-2H3;2*1-2H3. The number of hydrogen-bond donors (Lipinski definition) is 0. The molecule has 0 spiro atoms. The second kappa shape index (κ2) is 14.0. The van der Waals surface area contributed by atoms with Gasteiger partial charge in [0, 0.05) is 7.11 Å². The van der Waals surface area contributed by atoms with Gasteiger partial charge in [-0.2, -0.15) is 0 Å². The lowest BCUT2D eigenvalue weighted by Gasteiger charge is -2.40. The first-order valence-corrected chi connectivity index (χ1v) is 7.88. The van der Waals surface area contributed by atoms with Crippen LogP contribution in [0.15, 0.2) is 0 Å². The third kappa shape index (κ3) is 8.65. The summed E-state index contributed by atoms with van der Waals surface area (Å²) in [5.74, 6) is 0. The number of rotatable bonds is 7. The Morgan fingerprint density at radius 2 is 1.41 bits per heavy atom. The number of hydrogen-bond acceptors (Lipinski definition) is 1. The number of unbranched alkanes of at least 4 members (excludes halogenated alkanes) is 4. The van der Waals surface area contributed by atoms with Crippen molar-refractivity contribution in [2.75, 3.05) is 7.11 Å². The minimum atomic E-state index is 0.312. The zero-order valence-corrected chi connectivity index (χ0v) is 13.3. The fourth-order valence-electron chi connectivity index (χ4n) is 2.18. The molecule has 1 aliphatic carbocycles. The predicted molar refractivity (Wildman–Crippen MR) is 79.7 cm³/mol. The minimum Gasteiger partial charge on any atom is -0.378 e. The van der Waals surface area contributed by atoms with Crippen molar-refractivity contribution in [3.63, 3.8) is 0 Å². The Kier molecular flexibility index (Phi) is 15.9. The number of methoxy groups -OCH3 is 1. The average Bonchev–Trinajstić information content (AvgIpc) is 2.37. The van der Waals surface area contributed by atoms with Crippen molar-refractivity contribution in [3.8, 4) is 0 Å². The molecule has 0 aliphatic heterocycles. The quantitative estimate of drug-likeness (QED) is 0.501. The van der Waals surface area contributed by atoms with Crippen LogP contribution in [0.2, 0.25) is 0 Å². The van der Waals surface area contributed by atoms with Gasteiger partial charge < -0.3 is 4.74 Å². The molecule has 0 saturated heterocycles. The molecular weight excluding hydrogens is 208 g/mol. The maximum atomic E-state index is 5.58. The van der Waals surface area contributed by atoms with Gasteiger partial charge in [0.15, 0.2) is 0 Å². The van der Waals surface area contributed by atoms with E-state index in [9.17, 15) is 0 Å². The molecule has 0 unspecified atom stereocenters. The third-order valence-electron chi connectivity index (χ3n) is 3.43. The molecular formula is C16H36O. The summed E-state index contributed by atoms with van der Waals surface area (Å²) >= 11 is 0. The van der Waals surface area contributed by atoms with E-state index in [4.69, 9.17) is 4.74 Å². The lowest BCUT2D eigenvalue weighted by atomic mass is 9.76. The molecule has 17 heavy (non-hydrogen) atoms. The van der Waals surface area contributed by atoms with E-state index in [0.29, 0.717) is 5.60 Å². The summed E-state index contributed by atoms with van der Waals surface area (Å²) in [6.45, 7) is 10.3. The van der Waals surface area contributed by atoms with Crippen molar-refractivity contribution in [3.05, 3.63) is 0 Å². The predicted octanol–water partition coefficient (Wildman–Crippen LogP) is 5.97. The van der Waals surface area contributed by atoms with E-state index < -0.39 is 0 Å². The Balaban J connectivity index is 0. The van der Waals surface area contributed by atoms with Crippen LogP contribution in [-0.4, -0.2) is 12.7 Å². The van der Waals surface area contributed by atoms with Gasteiger partial charge in [0.05, 0.1) is 5.60 Å². The summed E-state index contributed by atoms with van der Waals surface area (Å²) in [6.07, 6.45) is 12.2. The SMILES string of the molecule is CC.CC.CCCCCCCC1(OC)CCC1. The lowest BCUT2D eigenvalue weighted by molar-refractivity contribution is -0.0789. The van der Waals surface area contributed by atoms with E-state index in [-0.39, 0.29) is 0 Å². The van der Waals surface area contributed by atoms with Crippen molar-refractivity contribution >= 4 is 0 Å². The third-order valence-corrected chi connectivity index (χ3v) is 3.43. The van der Waals surface area contributed by atoms with Crippen LogP contribution in [0.25, 0.3) is 0 Å². The van der Waals surface area contributed by atoms with Gasteiger partial charge in [0.1, 0.15) is 0 Å². The Morgan fingerprint density at radius 3 is 1.76 bits per heavy atom. The normalized spacial score (nSPS) is 15.9. The van der Waals surface area contributed by atoms with Crippen LogP contribution in [0.4, 0.5) is 0 Å². The van der Waals surface area contributed by atoms with Crippen LogP contribution in [-0.2, 0) is 4.74 Å². The summed E-state index contributed by atoms with van der Waals surface area (Å²) in [4.78, 5) is 0. The van der Waals surface area contributed by atoms with E-state index in [1.165, 1.54) is 57.8 Å². The fraction of sp³-hybridized carbons (Fsp3) is 1.00. The molecule has 0 amide bonds. The molecule has 1 saturated carbocycles. The molecule has 0 heterocycles. The molecule has 0 atom stereocenters. The van der Waals surface area contributed by atoms with E-state index in [1.54, 1.807) is 0 Å². The maximum absolute atomic E-state index is 5.58. The van der Waals surface area contributed by atoms with Gasteiger partial charge in [0.25, 0.3) is 0 Å². The monoisotopic (exact) mass is 244 g/mol. The van der Waals surface area contributed by atoms with Crippen LogP contribution >= 0.6 is 0 Å². The Bertz CT molecular complexity index is 122. The largest absolute Gasteiger partial charge is 0.378 e. The first kappa shape index (κ1) is 19.3. The van der Waals surface area contributed by atoms with E-state index >= 15 is 0 Å². The highest BCUT2D eigenvalue weighted by atomic mass is 16.5.